The van der Waals surface area contributed by atoms with Gasteiger partial charge in [0.15, 0.2) is 0 Å². The summed E-state index contributed by atoms with van der Waals surface area (Å²) in [6.07, 6.45) is 1.90. The highest BCUT2D eigenvalue weighted by Gasteiger charge is 2.26. The molecular formula is C58H53N3O. The lowest BCUT2D eigenvalue weighted by atomic mass is 9.85. The zero-order chi connectivity index (χ0) is 43.1. The fraction of sp³-hybridized carbons (Fsp3) is 0.172. The molecule has 306 valence electrons. The molecule has 0 aliphatic carbocycles. The fourth-order valence-corrected chi connectivity index (χ4v) is 8.55. The molecule has 0 bridgehead atoms. The van der Waals surface area contributed by atoms with Gasteiger partial charge < -0.3 is 5.11 Å². The SMILES string of the molecule is CC(C)c1cc(-c2nc3c(-c4cc(-c5ccccc5)cc(-c5cc(-c6ccccc6)ccn5)c4)cccc3n2-c2ccc(C(C)(C)C)cc2-c2ccccc2)c(O)c(C(C)C)c1. The van der Waals surface area contributed by atoms with E-state index < -0.39 is 0 Å². The molecule has 0 saturated heterocycles. The third kappa shape index (κ3) is 7.74. The summed E-state index contributed by atoms with van der Waals surface area (Å²) in [5.41, 5.74) is 17.4. The summed E-state index contributed by atoms with van der Waals surface area (Å²) >= 11 is 0. The second-order valence-corrected chi connectivity index (χ2v) is 18.1. The van der Waals surface area contributed by atoms with Gasteiger partial charge in [-0.15, -0.1) is 0 Å². The number of phenolic OH excluding ortho intramolecular Hbond substituents is 1. The Bertz CT molecular complexity index is 3050. The number of fused-ring (bicyclic) bond motifs is 1. The summed E-state index contributed by atoms with van der Waals surface area (Å²) < 4.78 is 2.28. The number of aromatic nitrogens is 3. The third-order valence-electron chi connectivity index (χ3n) is 12.1. The van der Waals surface area contributed by atoms with E-state index in [1.807, 2.05) is 12.3 Å². The van der Waals surface area contributed by atoms with Crippen molar-refractivity contribution in [3.63, 3.8) is 0 Å². The molecule has 4 heteroatoms. The van der Waals surface area contributed by atoms with Crippen molar-refractivity contribution in [2.24, 2.45) is 0 Å². The van der Waals surface area contributed by atoms with Crippen molar-refractivity contribution in [2.45, 2.75) is 65.7 Å². The van der Waals surface area contributed by atoms with Crippen molar-refractivity contribution in [3.05, 3.63) is 193 Å². The minimum atomic E-state index is -0.0674. The summed E-state index contributed by atoms with van der Waals surface area (Å²) in [7, 11) is 0. The number of para-hydroxylation sites is 1. The van der Waals surface area contributed by atoms with E-state index in [0.717, 1.165) is 89.2 Å². The van der Waals surface area contributed by atoms with E-state index in [-0.39, 0.29) is 23.0 Å². The van der Waals surface area contributed by atoms with Crippen LogP contribution in [0.1, 0.15) is 77.0 Å². The number of hydrogen-bond donors (Lipinski definition) is 1. The topological polar surface area (TPSA) is 50.9 Å². The van der Waals surface area contributed by atoms with Crippen LogP contribution in [0.5, 0.6) is 5.75 Å². The van der Waals surface area contributed by atoms with Crippen LogP contribution in [0, 0.1) is 0 Å². The number of imidazole rings is 1. The molecule has 0 saturated carbocycles. The molecule has 2 aromatic heterocycles. The lowest BCUT2D eigenvalue weighted by molar-refractivity contribution is 0.466. The van der Waals surface area contributed by atoms with E-state index in [2.05, 4.69) is 217 Å². The van der Waals surface area contributed by atoms with Crippen molar-refractivity contribution in [3.8, 4) is 78.6 Å². The summed E-state index contributed by atoms with van der Waals surface area (Å²) in [5.74, 6) is 1.33. The maximum Gasteiger partial charge on any atom is 0.149 e. The van der Waals surface area contributed by atoms with Crippen molar-refractivity contribution < 1.29 is 5.11 Å². The largest absolute Gasteiger partial charge is 0.507 e. The quantitative estimate of drug-likeness (QED) is 0.158. The van der Waals surface area contributed by atoms with Gasteiger partial charge in [-0.25, -0.2) is 4.98 Å². The highest BCUT2D eigenvalue weighted by atomic mass is 16.3. The van der Waals surface area contributed by atoms with Crippen molar-refractivity contribution in [1.29, 1.82) is 0 Å². The highest BCUT2D eigenvalue weighted by molar-refractivity contribution is 5.98. The first-order valence-corrected chi connectivity index (χ1v) is 21.8. The molecule has 0 aliphatic rings. The molecule has 9 aromatic rings. The van der Waals surface area contributed by atoms with Crippen molar-refractivity contribution >= 4 is 11.0 Å². The van der Waals surface area contributed by atoms with Gasteiger partial charge in [0.2, 0.25) is 0 Å². The maximum atomic E-state index is 12.3. The van der Waals surface area contributed by atoms with Gasteiger partial charge in [0.25, 0.3) is 0 Å². The Kier molecular flexibility index (Phi) is 10.7. The second-order valence-electron chi connectivity index (χ2n) is 18.1. The Morgan fingerprint density at radius 2 is 1.13 bits per heavy atom. The van der Waals surface area contributed by atoms with Crippen molar-refractivity contribution in [2.75, 3.05) is 0 Å². The van der Waals surface area contributed by atoms with Gasteiger partial charge in [-0.3, -0.25) is 9.55 Å². The van der Waals surface area contributed by atoms with Gasteiger partial charge in [-0.1, -0.05) is 164 Å². The minimum absolute atomic E-state index is 0.0674. The number of hydrogen-bond acceptors (Lipinski definition) is 3. The average molecular weight is 808 g/mol. The Hall–Kier alpha value is -7.04. The zero-order valence-corrected chi connectivity index (χ0v) is 36.7. The van der Waals surface area contributed by atoms with Crippen LogP contribution >= 0.6 is 0 Å². The molecule has 0 fully saturated rings. The molecule has 7 aromatic carbocycles. The molecular weight excluding hydrogens is 755 g/mol. The maximum absolute atomic E-state index is 12.3. The monoisotopic (exact) mass is 807 g/mol. The second kappa shape index (κ2) is 16.4. The van der Waals surface area contributed by atoms with Gasteiger partial charge in [0.1, 0.15) is 11.6 Å². The normalized spacial score (nSPS) is 11.8. The van der Waals surface area contributed by atoms with Crippen LogP contribution in [0.2, 0.25) is 0 Å². The van der Waals surface area contributed by atoms with Crippen LogP contribution in [-0.2, 0) is 5.41 Å². The Balaban J connectivity index is 1.35. The van der Waals surface area contributed by atoms with Gasteiger partial charge in [0, 0.05) is 22.9 Å². The predicted octanol–water partition coefficient (Wildman–Crippen LogP) is 15.7. The first kappa shape index (κ1) is 40.4. The van der Waals surface area contributed by atoms with E-state index in [9.17, 15) is 5.11 Å². The number of phenols is 1. The standard InChI is InChI=1S/C58H53N3O/c1-37(2)43-33-49(38(3)4)56(62)51(34-43)57-60-55-48(24-17-25-54(55)61(57)53-27-26-47(58(5,6)7)36-50(53)41-22-15-10-16-23-41)45-30-44(40-20-13-9-14-21-40)31-46(32-45)52-35-42(28-29-59-52)39-18-11-8-12-19-39/h8-38,62H,1-7H3. The predicted molar refractivity (Wildman–Crippen MR) is 260 cm³/mol. The van der Waals surface area contributed by atoms with Crippen LogP contribution in [0.25, 0.3) is 83.9 Å². The molecule has 0 spiro atoms. The van der Waals surface area contributed by atoms with E-state index >= 15 is 0 Å². The molecule has 9 rings (SSSR count). The van der Waals surface area contributed by atoms with Crippen LogP contribution in [0.4, 0.5) is 0 Å². The van der Waals surface area contributed by atoms with Crippen LogP contribution in [-0.4, -0.2) is 19.6 Å². The summed E-state index contributed by atoms with van der Waals surface area (Å²) in [6.45, 7) is 15.5. The highest BCUT2D eigenvalue weighted by Crippen LogP contribution is 2.45. The number of nitrogens with zero attached hydrogens (tertiary/aromatic N) is 3. The Morgan fingerprint density at radius 1 is 0.500 bits per heavy atom. The first-order chi connectivity index (χ1) is 29.9. The Labute approximate surface area is 366 Å². The van der Waals surface area contributed by atoms with Gasteiger partial charge in [0.05, 0.1) is 28.0 Å². The lowest BCUT2D eigenvalue weighted by Gasteiger charge is -2.23. The van der Waals surface area contributed by atoms with Crippen molar-refractivity contribution in [1.82, 2.24) is 14.5 Å². The molecule has 0 radical (unpaired) electrons. The summed E-state index contributed by atoms with van der Waals surface area (Å²) in [4.78, 5) is 10.6. The Morgan fingerprint density at radius 3 is 1.77 bits per heavy atom. The van der Waals surface area contributed by atoms with E-state index in [0.29, 0.717) is 5.82 Å². The third-order valence-corrected chi connectivity index (χ3v) is 12.1. The smallest absolute Gasteiger partial charge is 0.149 e. The van der Waals surface area contributed by atoms with Crippen LogP contribution < -0.4 is 0 Å². The molecule has 62 heavy (non-hydrogen) atoms. The molecule has 1 N–H and O–H groups in total. The molecule has 0 unspecified atom stereocenters. The summed E-state index contributed by atoms with van der Waals surface area (Å²) in [5, 5.41) is 12.3. The summed E-state index contributed by atoms with van der Waals surface area (Å²) in [6, 6.07) is 60.3. The lowest BCUT2D eigenvalue weighted by Crippen LogP contribution is -2.12. The zero-order valence-electron chi connectivity index (χ0n) is 36.7. The van der Waals surface area contributed by atoms with Gasteiger partial charge in [-0.05, 0) is 122 Å². The van der Waals surface area contributed by atoms with E-state index in [1.54, 1.807) is 0 Å². The van der Waals surface area contributed by atoms with Crippen LogP contribution in [0.3, 0.4) is 0 Å². The molecule has 2 heterocycles. The number of benzene rings is 7. The molecule has 4 nitrogen and oxygen atoms in total. The average Bonchev–Trinajstić information content (AvgIpc) is 3.68. The van der Waals surface area contributed by atoms with Crippen LogP contribution in [0.15, 0.2) is 176 Å². The molecule has 0 atom stereocenters. The molecule has 0 amide bonds. The molecule has 0 aliphatic heterocycles. The fourth-order valence-electron chi connectivity index (χ4n) is 8.55. The number of rotatable bonds is 9. The number of pyridine rings is 1. The van der Waals surface area contributed by atoms with Gasteiger partial charge >= 0.3 is 0 Å². The number of aromatic hydroxyl groups is 1. The minimum Gasteiger partial charge on any atom is -0.507 e. The van der Waals surface area contributed by atoms with Gasteiger partial charge in [-0.2, -0.15) is 0 Å². The van der Waals surface area contributed by atoms with E-state index in [4.69, 9.17) is 9.97 Å². The first-order valence-electron chi connectivity index (χ1n) is 21.8. The van der Waals surface area contributed by atoms with E-state index in [1.165, 1.54) is 5.56 Å².